The third-order valence-corrected chi connectivity index (χ3v) is 8.53. The number of aliphatic hydroxyl groups is 1. The molecular formula is C26H29BrF2N3O9P. The van der Waals surface area contributed by atoms with Gasteiger partial charge in [0.05, 0.1) is 10.6 Å². The van der Waals surface area contributed by atoms with Crippen LogP contribution < -0.4 is 20.9 Å². The van der Waals surface area contributed by atoms with Crippen molar-refractivity contribution in [2.24, 2.45) is 0 Å². The van der Waals surface area contributed by atoms with Gasteiger partial charge in [-0.05, 0) is 66.5 Å². The van der Waals surface area contributed by atoms with Crippen molar-refractivity contribution in [3.8, 4) is 5.75 Å². The van der Waals surface area contributed by atoms with E-state index in [-0.39, 0.29) is 10.2 Å². The average molecular weight is 676 g/mol. The minimum absolute atomic E-state index is 0.0209. The number of hydrogen-bond donors (Lipinski definition) is 3. The van der Waals surface area contributed by atoms with Gasteiger partial charge >= 0.3 is 19.4 Å². The molecule has 16 heteroatoms. The molecule has 1 aromatic heterocycles. The van der Waals surface area contributed by atoms with Crippen LogP contribution in [0.3, 0.4) is 0 Å². The number of H-pyrrole nitrogens is 1. The van der Waals surface area contributed by atoms with Crippen LogP contribution in [0.2, 0.25) is 0 Å². The Hall–Kier alpha value is -2.94. The van der Waals surface area contributed by atoms with E-state index in [1.54, 1.807) is 32.0 Å². The maximum atomic E-state index is 16.1. The number of rotatable bonds is 10. The summed E-state index contributed by atoms with van der Waals surface area (Å²) in [7, 11) is -4.68. The third kappa shape index (κ3) is 6.66. The number of aliphatic hydroxyl groups excluding tert-OH is 1. The Balaban J connectivity index is 1.63. The average Bonchev–Trinajstić information content (AvgIpc) is 3.09. The molecule has 0 bridgehead atoms. The Morgan fingerprint density at radius 3 is 2.55 bits per heavy atom. The lowest BCUT2D eigenvalue weighted by atomic mass is 9.97. The van der Waals surface area contributed by atoms with Crippen molar-refractivity contribution in [3.05, 3.63) is 74.0 Å². The zero-order chi connectivity index (χ0) is 31.0. The van der Waals surface area contributed by atoms with Crippen LogP contribution in [0.4, 0.5) is 8.78 Å². The van der Waals surface area contributed by atoms with Crippen LogP contribution in [0.25, 0.3) is 10.8 Å². The van der Waals surface area contributed by atoms with Crippen molar-refractivity contribution >= 4 is 40.4 Å². The minimum atomic E-state index is -4.68. The number of aromatic amines is 1. The SMILES string of the molecule is CC(C)OC(=O)C(C)NP(=O)(OC[C@@]1(F)OC(n2cc(Br)c(=O)[nH]c2=O)[C@](C)(F)[C@@H]1O)Oc1ccc2ccccc2c1. The lowest BCUT2D eigenvalue weighted by Gasteiger charge is -2.28. The van der Waals surface area contributed by atoms with Crippen molar-refractivity contribution in [1.82, 2.24) is 14.6 Å². The van der Waals surface area contributed by atoms with Crippen LogP contribution in [0.15, 0.2) is 62.7 Å². The summed E-state index contributed by atoms with van der Waals surface area (Å²) in [6.07, 6.45) is -4.27. The number of ether oxygens (including phenoxy) is 2. The smallest absolute Gasteiger partial charge is 0.459 e. The maximum absolute atomic E-state index is 16.1. The van der Waals surface area contributed by atoms with Crippen molar-refractivity contribution in [3.63, 3.8) is 0 Å². The van der Waals surface area contributed by atoms with E-state index in [0.717, 1.165) is 18.5 Å². The normalized spacial score (nSPS) is 26.2. The molecule has 1 aliphatic heterocycles. The highest BCUT2D eigenvalue weighted by Crippen LogP contribution is 2.51. The second-order valence-electron chi connectivity index (χ2n) is 10.2. The summed E-state index contributed by atoms with van der Waals surface area (Å²) in [5, 5.41) is 14.5. The fourth-order valence-electron chi connectivity index (χ4n) is 4.25. The van der Waals surface area contributed by atoms with Gasteiger partial charge in [-0.25, -0.2) is 18.1 Å². The van der Waals surface area contributed by atoms with Crippen molar-refractivity contribution in [2.75, 3.05) is 6.61 Å². The predicted molar refractivity (Wildman–Crippen MR) is 150 cm³/mol. The van der Waals surface area contributed by atoms with Gasteiger partial charge in [0, 0.05) is 6.20 Å². The zero-order valence-corrected chi connectivity index (χ0v) is 25.4. The molecule has 1 saturated heterocycles. The van der Waals surface area contributed by atoms with Gasteiger partial charge in [-0.1, -0.05) is 30.3 Å². The van der Waals surface area contributed by atoms with E-state index in [4.69, 9.17) is 18.5 Å². The summed E-state index contributed by atoms with van der Waals surface area (Å²) in [6.45, 7) is 3.94. The van der Waals surface area contributed by atoms with E-state index >= 15 is 8.78 Å². The number of hydrogen-bond acceptors (Lipinski definition) is 9. The fourth-order valence-corrected chi connectivity index (χ4v) is 6.07. The van der Waals surface area contributed by atoms with E-state index in [1.807, 2.05) is 17.1 Å². The highest BCUT2D eigenvalue weighted by molar-refractivity contribution is 9.10. The van der Waals surface area contributed by atoms with E-state index in [2.05, 4.69) is 21.0 Å². The minimum Gasteiger partial charge on any atom is -0.462 e. The molecule has 2 heterocycles. The first-order chi connectivity index (χ1) is 19.5. The quantitative estimate of drug-likeness (QED) is 0.213. The molecule has 0 radical (unpaired) electrons. The van der Waals surface area contributed by atoms with Gasteiger partial charge in [0.25, 0.3) is 11.4 Å². The molecule has 1 fully saturated rings. The molecule has 3 unspecified atom stereocenters. The molecule has 2 aromatic carbocycles. The highest BCUT2D eigenvalue weighted by Gasteiger charge is 2.65. The maximum Gasteiger partial charge on any atom is 0.459 e. The second kappa shape index (κ2) is 12.0. The fraction of sp³-hybridized carbons (Fsp3) is 0.423. The number of nitrogens with zero attached hydrogens (tertiary/aromatic N) is 1. The number of esters is 1. The van der Waals surface area contributed by atoms with Gasteiger partial charge < -0.3 is 19.1 Å². The lowest BCUT2D eigenvalue weighted by molar-refractivity contribution is -0.204. The van der Waals surface area contributed by atoms with Crippen LogP contribution in [-0.2, 0) is 23.4 Å². The van der Waals surface area contributed by atoms with E-state index < -0.39 is 67.6 Å². The van der Waals surface area contributed by atoms with Crippen LogP contribution in [0, 0.1) is 0 Å². The molecule has 4 rings (SSSR count). The molecule has 12 nitrogen and oxygen atoms in total. The number of fused-ring (bicyclic) bond motifs is 1. The van der Waals surface area contributed by atoms with Crippen molar-refractivity contribution < 1.29 is 41.8 Å². The highest BCUT2D eigenvalue weighted by atomic mass is 79.9. The Morgan fingerprint density at radius 2 is 1.88 bits per heavy atom. The Kier molecular flexibility index (Phi) is 9.12. The Bertz CT molecular complexity index is 1650. The van der Waals surface area contributed by atoms with Crippen LogP contribution in [0.5, 0.6) is 5.75 Å². The van der Waals surface area contributed by atoms with E-state index in [0.29, 0.717) is 9.95 Å². The van der Waals surface area contributed by atoms with E-state index in [1.165, 1.54) is 19.1 Å². The summed E-state index contributed by atoms with van der Waals surface area (Å²) in [5.41, 5.74) is -4.91. The Morgan fingerprint density at radius 1 is 1.21 bits per heavy atom. The third-order valence-electron chi connectivity index (χ3n) is 6.35. The number of halogens is 3. The first kappa shape index (κ1) is 32.0. The van der Waals surface area contributed by atoms with Gasteiger partial charge in [-0.3, -0.25) is 23.7 Å². The zero-order valence-electron chi connectivity index (χ0n) is 22.9. The molecule has 0 spiro atoms. The lowest BCUT2D eigenvalue weighted by Crippen LogP contribution is -2.48. The van der Waals surface area contributed by atoms with Gasteiger partial charge in [0.1, 0.15) is 18.4 Å². The molecule has 0 saturated carbocycles. The molecule has 0 aliphatic carbocycles. The number of carbonyl (C=O) groups excluding carboxylic acids is 1. The van der Waals surface area contributed by atoms with Gasteiger partial charge in [-0.2, -0.15) is 5.09 Å². The topological polar surface area (TPSA) is 158 Å². The number of alkyl halides is 2. The molecular weight excluding hydrogens is 647 g/mol. The van der Waals surface area contributed by atoms with Gasteiger partial charge in [0.15, 0.2) is 18.0 Å². The first-order valence-corrected chi connectivity index (χ1v) is 15.0. The van der Waals surface area contributed by atoms with Crippen molar-refractivity contribution in [2.45, 2.75) is 63.7 Å². The summed E-state index contributed by atoms with van der Waals surface area (Å²) >= 11 is 2.90. The van der Waals surface area contributed by atoms with Crippen LogP contribution in [0.1, 0.15) is 33.9 Å². The molecule has 6 atom stereocenters. The molecule has 42 heavy (non-hydrogen) atoms. The number of carbonyl (C=O) groups is 1. The summed E-state index contributed by atoms with van der Waals surface area (Å²) in [4.78, 5) is 38.4. The number of benzene rings is 2. The summed E-state index contributed by atoms with van der Waals surface area (Å²) < 4.78 is 67.2. The molecule has 3 aromatic rings. The molecule has 3 N–H and O–H groups in total. The monoisotopic (exact) mass is 675 g/mol. The first-order valence-electron chi connectivity index (χ1n) is 12.7. The number of nitrogens with one attached hydrogen (secondary N) is 2. The van der Waals surface area contributed by atoms with Crippen molar-refractivity contribution in [1.29, 1.82) is 0 Å². The standard InChI is InChI=1S/C26H29BrF2N3O9P/c1-14(2)39-21(34)15(3)31-42(37,41-18-10-9-16-7-5-6-8-17(16)11-18)38-13-26(29)22(35)25(4,28)23(40-26)32-12-19(27)20(33)30-24(32)36/h5-12,14-15,22-23,35H,13H2,1-4H3,(H,31,37)(H,30,33,36)/t15?,22-,23?,25+,26+,42?/m0/s1. The van der Waals surface area contributed by atoms with E-state index in [9.17, 15) is 24.1 Å². The Labute approximate surface area is 246 Å². The summed E-state index contributed by atoms with van der Waals surface area (Å²) in [5.74, 6) is -4.17. The molecule has 228 valence electrons. The largest absolute Gasteiger partial charge is 0.462 e. The second-order valence-corrected chi connectivity index (χ2v) is 12.7. The summed E-state index contributed by atoms with van der Waals surface area (Å²) in [6, 6.07) is 10.6. The van der Waals surface area contributed by atoms with Gasteiger partial charge in [0.2, 0.25) is 0 Å². The van der Waals surface area contributed by atoms with Crippen LogP contribution in [-0.4, -0.2) is 57.0 Å². The predicted octanol–water partition coefficient (Wildman–Crippen LogP) is 3.87. The van der Waals surface area contributed by atoms with Crippen LogP contribution >= 0.6 is 23.7 Å². The molecule has 1 aliphatic rings. The van der Waals surface area contributed by atoms with Gasteiger partial charge in [-0.15, -0.1) is 0 Å². The molecule has 0 amide bonds. The number of aromatic nitrogens is 2.